The Morgan fingerprint density at radius 2 is 1.40 bits per heavy atom. The maximum absolute atomic E-state index is 13.3. The summed E-state index contributed by atoms with van der Waals surface area (Å²) < 4.78 is 28.5. The van der Waals surface area contributed by atoms with Crippen LogP contribution in [0.4, 0.5) is 5.69 Å². The molecule has 1 heterocycles. The zero-order valence-electron chi connectivity index (χ0n) is 20.2. The fraction of sp³-hybridized carbons (Fsp3) is 0.286. The molecule has 1 saturated heterocycles. The molecule has 1 aliphatic rings. The van der Waals surface area contributed by atoms with Gasteiger partial charge in [-0.3, -0.25) is 14.3 Å². The Kier molecular flexibility index (Phi) is 7.08. The van der Waals surface area contributed by atoms with E-state index < -0.39 is 10.0 Å². The van der Waals surface area contributed by atoms with Crippen LogP contribution in [0.2, 0.25) is 0 Å². The number of Topliss-reactive ketones (excluding diaryl/α,β-unsaturated/α-hetero) is 1. The summed E-state index contributed by atoms with van der Waals surface area (Å²) in [6.07, 6.45) is 1.18. The molecule has 35 heavy (non-hydrogen) atoms. The first-order chi connectivity index (χ1) is 16.6. The number of anilines is 1. The van der Waals surface area contributed by atoms with Gasteiger partial charge in [0.25, 0.3) is 15.9 Å². The number of hydrogen-bond donors (Lipinski definition) is 1. The van der Waals surface area contributed by atoms with E-state index in [1.807, 2.05) is 50.2 Å². The van der Waals surface area contributed by atoms with Crippen LogP contribution in [0.3, 0.4) is 0 Å². The van der Waals surface area contributed by atoms with Gasteiger partial charge in [-0.1, -0.05) is 53.6 Å². The zero-order valence-corrected chi connectivity index (χ0v) is 21.1. The number of likely N-dealkylation sites (tertiary alicyclic amines) is 1. The van der Waals surface area contributed by atoms with Crippen LogP contribution in [0.5, 0.6) is 0 Å². The number of nitrogens with zero attached hydrogens (tertiary/aromatic N) is 1. The number of piperidine rings is 1. The lowest BCUT2D eigenvalue weighted by atomic mass is 9.88. The number of nitrogens with one attached hydrogen (secondary N) is 1. The van der Waals surface area contributed by atoms with Crippen LogP contribution in [0.25, 0.3) is 0 Å². The summed E-state index contributed by atoms with van der Waals surface area (Å²) in [7, 11) is -3.85. The second-order valence-electron chi connectivity index (χ2n) is 9.25. The lowest BCUT2D eigenvalue weighted by molar-refractivity contribution is 0.0649. The molecule has 3 aromatic rings. The van der Waals surface area contributed by atoms with Gasteiger partial charge < -0.3 is 4.90 Å². The van der Waals surface area contributed by atoms with Crippen molar-refractivity contribution < 1.29 is 18.0 Å². The molecule has 0 unspecified atom stereocenters. The van der Waals surface area contributed by atoms with Crippen molar-refractivity contribution in [3.8, 4) is 0 Å². The van der Waals surface area contributed by atoms with Gasteiger partial charge in [-0.15, -0.1) is 0 Å². The van der Waals surface area contributed by atoms with E-state index in [1.165, 1.54) is 12.1 Å². The van der Waals surface area contributed by atoms with Gasteiger partial charge in [0.15, 0.2) is 5.78 Å². The Hall–Kier alpha value is -3.45. The third-order valence-electron chi connectivity index (χ3n) is 6.54. The molecular formula is C28H30N2O4S. The maximum atomic E-state index is 13.3. The molecule has 0 spiro atoms. The number of carbonyl (C=O) groups is 2. The van der Waals surface area contributed by atoms with Crippen molar-refractivity contribution in [1.82, 2.24) is 4.90 Å². The number of amides is 1. The Morgan fingerprint density at radius 3 is 2.00 bits per heavy atom. The minimum absolute atomic E-state index is 0.0384. The second kappa shape index (κ2) is 10.0. The molecule has 4 rings (SSSR count). The fourth-order valence-electron chi connectivity index (χ4n) is 4.30. The van der Waals surface area contributed by atoms with Crippen molar-refractivity contribution in [2.24, 2.45) is 5.92 Å². The van der Waals surface area contributed by atoms with E-state index in [4.69, 9.17) is 0 Å². The predicted molar refractivity (Wildman–Crippen MR) is 137 cm³/mol. The summed E-state index contributed by atoms with van der Waals surface area (Å²) in [5.41, 5.74) is 4.37. The Bertz CT molecular complexity index is 1340. The van der Waals surface area contributed by atoms with Crippen LogP contribution in [0.1, 0.15) is 50.2 Å². The first kappa shape index (κ1) is 24.7. The quantitative estimate of drug-likeness (QED) is 0.485. The molecule has 0 aromatic heterocycles. The normalized spacial score (nSPS) is 14.5. The monoisotopic (exact) mass is 490 g/mol. The maximum Gasteiger partial charge on any atom is 0.261 e. The topological polar surface area (TPSA) is 83.6 Å². The van der Waals surface area contributed by atoms with Crippen molar-refractivity contribution >= 4 is 27.4 Å². The van der Waals surface area contributed by atoms with Gasteiger partial charge in [0.1, 0.15) is 0 Å². The molecule has 1 aliphatic heterocycles. The highest BCUT2D eigenvalue weighted by atomic mass is 32.2. The third-order valence-corrected chi connectivity index (χ3v) is 7.92. The summed E-state index contributed by atoms with van der Waals surface area (Å²) >= 11 is 0. The number of aryl methyl sites for hydroxylation is 3. The van der Waals surface area contributed by atoms with E-state index in [0.717, 1.165) is 11.1 Å². The van der Waals surface area contributed by atoms with Gasteiger partial charge in [0.05, 0.1) is 4.90 Å². The van der Waals surface area contributed by atoms with Crippen LogP contribution >= 0.6 is 0 Å². The van der Waals surface area contributed by atoms with E-state index in [2.05, 4.69) is 4.72 Å². The molecule has 0 saturated carbocycles. The number of rotatable bonds is 6. The molecule has 1 N–H and O–H groups in total. The molecule has 6 nitrogen and oxygen atoms in total. The molecule has 0 radical (unpaired) electrons. The van der Waals surface area contributed by atoms with Gasteiger partial charge in [-0.2, -0.15) is 0 Å². The number of carbonyl (C=O) groups excluding carboxylic acids is 2. The highest BCUT2D eigenvalue weighted by molar-refractivity contribution is 7.92. The first-order valence-corrected chi connectivity index (χ1v) is 13.2. The smallest absolute Gasteiger partial charge is 0.261 e. The fourth-order valence-corrected chi connectivity index (χ4v) is 5.39. The summed E-state index contributed by atoms with van der Waals surface area (Å²) in [5, 5.41) is 0. The molecule has 1 fully saturated rings. The van der Waals surface area contributed by atoms with Crippen LogP contribution < -0.4 is 4.72 Å². The van der Waals surface area contributed by atoms with Crippen molar-refractivity contribution in [2.75, 3.05) is 17.8 Å². The molecule has 1 amide bonds. The van der Waals surface area contributed by atoms with Crippen LogP contribution in [-0.2, 0) is 10.0 Å². The lowest BCUT2D eigenvalue weighted by Gasteiger charge is -2.32. The van der Waals surface area contributed by atoms with Gasteiger partial charge in [0, 0.05) is 35.8 Å². The van der Waals surface area contributed by atoms with Crippen molar-refractivity contribution in [1.29, 1.82) is 0 Å². The van der Waals surface area contributed by atoms with E-state index >= 15 is 0 Å². The van der Waals surface area contributed by atoms with E-state index in [0.29, 0.717) is 48.3 Å². The van der Waals surface area contributed by atoms with Crippen molar-refractivity contribution in [3.05, 3.63) is 94.5 Å². The largest absolute Gasteiger partial charge is 0.339 e. The lowest BCUT2D eigenvalue weighted by Crippen LogP contribution is -2.40. The molecule has 182 valence electrons. The average molecular weight is 491 g/mol. The predicted octanol–water partition coefficient (Wildman–Crippen LogP) is 5.15. The van der Waals surface area contributed by atoms with Crippen LogP contribution in [-0.4, -0.2) is 38.1 Å². The first-order valence-electron chi connectivity index (χ1n) is 11.7. The van der Waals surface area contributed by atoms with Crippen LogP contribution in [0, 0.1) is 26.7 Å². The highest BCUT2D eigenvalue weighted by Gasteiger charge is 2.29. The van der Waals surface area contributed by atoms with Gasteiger partial charge >= 0.3 is 0 Å². The molecular weight excluding hydrogens is 460 g/mol. The van der Waals surface area contributed by atoms with E-state index in [1.54, 1.807) is 30.0 Å². The Morgan fingerprint density at radius 1 is 0.829 bits per heavy atom. The number of sulfonamides is 1. The summed E-state index contributed by atoms with van der Waals surface area (Å²) in [4.78, 5) is 27.9. The van der Waals surface area contributed by atoms with Crippen molar-refractivity contribution in [2.45, 2.75) is 38.5 Å². The average Bonchev–Trinajstić information content (AvgIpc) is 2.85. The Labute approximate surface area is 207 Å². The molecule has 7 heteroatoms. The van der Waals surface area contributed by atoms with Gasteiger partial charge in [0.2, 0.25) is 0 Å². The highest BCUT2D eigenvalue weighted by Crippen LogP contribution is 2.25. The summed E-state index contributed by atoms with van der Waals surface area (Å²) in [6, 6.07) is 19.3. The van der Waals surface area contributed by atoms with E-state index in [-0.39, 0.29) is 22.5 Å². The third kappa shape index (κ3) is 5.62. The van der Waals surface area contributed by atoms with Crippen molar-refractivity contribution in [3.63, 3.8) is 0 Å². The standard InChI is InChI=1S/C28H30N2O4S/c1-19-4-9-22(10-5-19)27(31)23-14-16-30(17-15-23)28(32)26-18-25(13-8-21(26)3)35(33,34)29-24-11-6-20(2)7-12-24/h4-13,18,23,29H,14-17H2,1-3H3. The van der Waals surface area contributed by atoms with Gasteiger partial charge in [-0.05, 0) is 63.4 Å². The number of benzene rings is 3. The minimum atomic E-state index is -3.85. The second-order valence-corrected chi connectivity index (χ2v) is 10.9. The zero-order chi connectivity index (χ0) is 25.2. The molecule has 3 aromatic carbocycles. The number of hydrogen-bond acceptors (Lipinski definition) is 4. The van der Waals surface area contributed by atoms with Gasteiger partial charge in [-0.25, -0.2) is 8.42 Å². The molecule has 0 aliphatic carbocycles. The Balaban J connectivity index is 1.46. The minimum Gasteiger partial charge on any atom is -0.339 e. The number of ketones is 1. The van der Waals surface area contributed by atoms with E-state index in [9.17, 15) is 18.0 Å². The SMILES string of the molecule is Cc1ccc(NS(=O)(=O)c2ccc(C)c(C(=O)N3CCC(C(=O)c4ccc(C)cc4)CC3)c2)cc1. The molecule has 0 bridgehead atoms. The van der Waals surface area contributed by atoms with Crippen LogP contribution in [0.15, 0.2) is 71.6 Å². The molecule has 0 atom stereocenters. The summed E-state index contributed by atoms with van der Waals surface area (Å²) in [6.45, 7) is 6.62. The summed E-state index contributed by atoms with van der Waals surface area (Å²) in [5.74, 6) is -0.215.